The first-order chi connectivity index (χ1) is 17.2. The predicted molar refractivity (Wildman–Crippen MR) is 142 cm³/mol. The molecule has 3 heterocycles. The van der Waals surface area contributed by atoms with Crippen molar-refractivity contribution in [1.82, 2.24) is 9.29 Å². The number of ether oxygens (including phenoxy) is 1. The lowest BCUT2D eigenvalue weighted by molar-refractivity contribution is -0.0440. The van der Waals surface area contributed by atoms with Gasteiger partial charge >= 0.3 is 0 Å². The summed E-state index contributed by atoms with van der Waals surface area (Å²) < 4.78 is 40.9. The van der Waals surface area contributed by atoms with Gasteiger partial charge in [0.2, 0.25) is 10.0 Å². The van der Waals surface area contributed by atoms with Crippen molar-refractivity contribution in [3.8, 4) is 0 Å². The number of carbonyl (C=O) groups is 1. The number of anilines is 1. The van der Waals surface area contributed by atoms with E-state index in [-0.39, 0.29) is 42.6 Å². The molecule has 2 aromatic carbocycles. The van der Waals surface area contributed by atoms with E-state index in [1.165, 1.54) is 27.8 Å². The Labute approximate surface area is 221 Å². The number of fused-ring (bicyclic) bond motifs is 1. The zero-order chi connectivity index (χ0) is 25.4. The number of sulfonamides is 1. The number of thiazole rings is 1. The van der Waals surface area contributed by atoms with E-state index in [2.05, 4.69) is 20.9 Å². The van der Waals surface area contributed by atoms with Crippen LogP contribution < -0.4 is 4.90 Å². The maximum absolute atomic E-state index is 13.6. The van der Waals surface area contributed by atoms with Gasteiger partial charge in [0.15, 0.2) is 5.13 Å². The fraction of sp³-hybridized carbons (Fsp3) is 0.280. The van der Waals surface area contributed by atoms with Crippen LogP contribution in [0.4, 0.5) is 5.13 Å². The van der Waals surface area contributed by atoms with Gasteiger partial charge in [-0.1, -0.05) is 27.3 Å². The highest BCUT2D eigenvalue weighted by Gasteiger charge is 2.32. The zero-order valence-electron chi connectivity index (χ0n) is 19.6. The Balaban J connectivity index is 1.44. The largest absolute Gasteiger partial charge is 0.467 e. The van der Waals surface area contributed by atoms with Crippen molar-refractivity contribution in [1.29, 1.82) is 0 Å². The maximum atomic E-state index is 13.6. The lowest BCUT2D eigenvalue weighted by Crippen LogP contribution is -2.48. The Morgan fingerprint density at radius 2 is 1.86 bits per heavy atom. The SMILES string of the molecule is CC1CN(S(=O)(=O)c2ccc(C(=O)N(Cc3ccco3)c3nc4ccc(Br)cc4s3)cc2)CC(C)O1. The number of halogens is 1. The standard InChI is InChI=1S/C25H24BrN3O5S2/c1-16-13-28(14-17(2)34-16)36(31,32)21-8-5-18(6-9-21)24(30)29(15-20-4-3-11-33-20)25-27-22-10-7-19(26)12-23(22)35-25/h3-12,16-17H,13-15H2,1-2H3. The van der Waals surface area contributed by atoms with Gasteiger partial charge in [0.25, 0.3) is 5.91 Å². The zero-order valence-corrected chi connectivity index (χ0v) is 22.8. The molecule has 1 aliphatic rings. The van der Waals surface area contributed by atoms with Crippen LogP contribution in [0.1, 0.15) is 30.0 Å². The molecular formula is C25H24BrN3O5S2. The van der Waals surface area contributed by atoms with Gasteiger partial charge in [0.1, 0.15) is 5.76 Å². The fourth-order valence-electron chi connectivity index (χ4n) is 4.19. The van der Waals surface area contributed by atoms with Crippen molar-refractivity contribution in [3.63, 3.8) is 0 Å². The van der Waals surface area contributed by atoms with Gasteiger partial charge in [0.05, 0.1) is 40.1 Å². The van der Waals surface area contributed by atoms with E-state index in [1.54, 1.807) is 35.4 Å². The van der Waals surface area contributed by atoms with Crippen LogP contribution in [0.5, 0.6) is 0 Å². The molecule has 1 aliphatic heterocycles. The second-order valence-corrected chi connectivity index (χ2v) is 12.5. The number of nitrogens with zero attached hydrogens (tertiary/aromatic N) is 3. The van der Waals surface area contributed by atoms with Crippen LogP contribution in [0, 0.1) is 0 Å². The number of hydrogen-bond acceptors (Lipinski definition) is 7. The normalized spacial score (nSPS) is 19.0. The summed E-state index contributed by atoms with van der Waals surface area (Å²) in [6.07, 6.45) is 1.18. The van der Waals surface area contributed by atoms with Gasteiger partial charge in [0, 0.05) is 23.1 Å². The molecule has 0 N–H and O–H groups in total. The molecule has 2 unspecified atom stereocenters. The molecule has 8 nitrogen and oxygen atoms in total. The predicted octanol–water partition coefficient (Wildman–Crippen LogP) is 5.30. The molecule has 0 spiro atoms. The second kappa shape index (κ2) is 10.1. The number of carbonyl (C=O) groups excluding carboxylic acids is 1. The maximum Gasteiger partial charge on any atom is 0.260 e. The van der Waals surface area contributed by atoms with Crippen LogP contribution in [0.25, 0.3) is 10.2 Å². The molecule has 2 atom stereocenters. The third-order valence-electron chi connectivity index (χ3n) is 5.83. The highest BCUT2D eigenvalue weighted by molar-refractivity contribution is 9.10. The number of rotatable bonds is 6. The summed E-state index contributed by atoms with van der Waals surface area (Å²) >= 11 is 4.87. The fourth-order valence-corrected chi connectivity index (χ4v) is 7.29. The van der Waals surface area contributed by atoms with Crippen LogP contribution >= 0.6 is 27.3 Å². The second-order valence-electron chi connectivity index (χ2n) is 8.68. The Morgan fingerprint density at radius 3 is 2.53 bits per heavy atom. The van der Waals surface area contributed by atoms with Crippen molar-refractivity contribution in [2.75, 3.05) is 18.0 Å². The van der Waals surface area contributed by atoms with Gasteiger partial charge in [-0.25, -0.2) is 13.4 Å². The van der Waals surface area contributed by atoms with E-state index in [1.807, 2.05) is 32.0 Å². The molecule has 188 valence electrons. The third kappa shape index (κ3) is 5.12. The summed E-state index contributed by atoms with van der Waals surface area (Å²) in [6, 6.07) is 15.4. The average Bonchev–Trinajstić information content (AvgIpc) is 3.51. The van der Waals surface area contributed by atoms with Gasteiger partial charge in [-0.2, -0.15) is 4.31 Å². The van der Waals surface area contributed by atoms with E-state index < -0.39 is 10.0 Å². The third-order valence-corrected chi connectivity index (χ3v) is 9.21. The minimum atomic E-state index is -3.71. The molecule has 36 heavy (non-hydrogen) atoms. The summed E-state index contributed by atoms with van der Waals surface area (Å²) in [4.78, 5) is 20.0. The Kier molecular flexibility index (Phi) is 7.01. The van der Waals surface area contributed by atoms with Gasteiger partial charge in [-0.05, 0) is 68.4 Å². The molecule has 11 heteroatoms. The number of aromatic nitrogens is 1. The first-order valence-electron chi connectivity index (χ1n) is 11.4. The van der Waals surface area contributed by atoms with Crippen molar-refractivity contribution in [2.45, 2.75) is 37.5 Å². The molecule has 0 bridgehead atoms. The monoisotopic (exact) mass is 589 g/mol. The number of benzene rings is 2. The minimum Gasteiger partial charge on any atom is -0.467 e. The summed E-state index contributed by atoms with van der Waals surface area (Å²) in [5, 5.41) is 0.525. The van der Waals surface area contributed by atoms with Crippen molar-refractivity contribution >= 4 is 58.5 Å². The van der Waals surface area contributed by atoms with Gasteiger partial charge in [-0.3, -0.25) is 9.69 Å². The van der Waals surface area contributed by atoms with Crippen molar-refractivity contribution < 1.29 is 22.4 Å². The number of morpholine rings is 1. The quantitative estimate of drug-likeness (QED) is 0.303. The van der Waals surface area contributed by atoms with E-state index >= 15 is 0 Å². The highest BCUT2D eigenvalue weighted by atomic mass is 79.9. The molecule has 0 radical (unpaired) electrons. The van der Waals surface area contributed by atoms with E-state index in [9.17, 15) is 13.2 Å². The minimum absolute atomic E-state index is 0.141. The molecule has 1 saturated heterocycles. The van der Waals surface area contributed by atoms with Crippen LogP contribution in [0.15, 0.2) is 74.6 Å². The molecule has 2 aromatic heterocycles. The van der Waals surface area contributed by atoms with Gasteiger partial charge < -0.3 is 9.15 Å². The number of furan rings is 1. The topological polar surface area (TPSA) is 93.0 Å². The van der Waals surface area contributed by atoms with Crippen LogP contribution in [0.3, 0.4) is 0 Å². The highest BCUT2D eigenvalue weighted by Crippen LogP contribution is 2.33. The average molecular weight is 591 g/mol. The molecule has 1 fully saturated rings. The number of amides is 1. The van der Waals surface area contributed by atoms with E-state index in [4.69, 9.17) is 9.15 Å². The summed E-state index contributed by atoms with van der Waals surface area (Å²) in [5.74, 6) is 0.306. The lowest BCUT2D eigenvalue weighted by Gasteiger charge is -2.34. The molecule has 0 saturated carbocycles. The molecule has 0 aliphatic carbocycles. The van der Waals surface area contributed by atoms with Crippen molar-refractivity contribution in [2.24, 2.45) is 0 Å². The Bertz CT molecular complexity index is 1480. The van der Waals surface area contributed by atoms with Crippen molar-refractivity contribution in [3.05, 3.63) is 76.7 Å². The first kappa shape index (κ1) is 25.1. The van der Waals surface area contributed by atoms with Gasteiger partial charge in [-0.15, -0.1) is 0 Å². The van der Waals surface area contributed by atoms with E-state index in [0.717, 1.165) is 14.7 Å². The van der Waals surface area contributed by atoms with Crippen LogP contribution in [0.2, 0.25) is 0 Å². The summed E-state index contributed by atoms with van der Waals surface area (Å²) in [7, 11) is -3.71. The first-order valence-corrected chi connectivity index (χ1v) is 14.4. The Hall–Kier alpha value is -2.57. The molecule has 1 amide bonds. The van der Waals surface area contributed by atoms with Crippen LogP contribution in [-0.4, -0.2) is 48.9 Å². The summed E-state index contributed by atoms with van der Waals surface area (Å²) in [6.45, 7) is 4.48. The van der Waals surface area contributed by atoms with Crippen LogP contribution in [-0.2, 0) is 21.3 Å². The summed E-state index contributed by atoms with van der Waals surface area (Å²) in [5.41, 5.74) is 1.13. The molecular weight excluding hydrogens is 566 g/mol. The Morgan fingerprint density at radius 1 is 1.14 bits per heavy atom. The number of hydrogen-bond donors (Lipinski definition) is 0. The smallest absolute Gasteiger partial charge is 0.260 e. The molecule has 5 rings (SSSR count). The van der Waals surface area contributed by atoms with E-state index in [0.29, 0.717) is 16.5 Å². The lowest BCUT2D eigenvalue weighted by atomic mass is 10.2. The molecule has 4 aromatic rings.